The van der Waals surface area contributed by atoms with E-state index in [-0.39, 0.29) is 35.1 Å². The number of esters is 2. The number of methoxy groups -OCH3 is 3. The zero-order valence-corrected chi connectivity index (χ0v) is 19.8. The minimum absolute atomic E-state index is 0.0306. The van der Waals surface area contributed by atoms with E-state index in [1.54, 1.807) is 30.3 Å². The van der Waals surface area contributed by atoms with Crippen LogP contribution in [0.15, 0.2) is 59.2 Å². The summed E-state index contributed by atoms with van der Waals surface area (Å²) in [6, 6.07) is 12.2. The SMILES string of the molecule is COC(=O)c1ccc(CNC(=O)COC(=O)c2cc(OC)c(OC)cc2NC(=O)c2ccco2)cc1. The van der Waals surface area contributed by atoms with Gasteiger partial charge in [0.15, 0.2) is 23.9 Å². The van der Waals surface area contributed by atoms with E-state index in [0.717, 1.165) is 5.56 Å². The zero-order chi connectivity index (χ0) is 26.1. The highest BCUT2D eigenvalue weighted by Gasteiger charge is 2.22. The van der Waals surface area contributed by atoms with Crippen molar-refractivity contribution < 1.29 is 42.5 Å². The number of anilines is 1. The lowest BCUT2D eigenvalue weighted by Crippen LogP contribution is -2.28. The molecule has 11 heteroatoms. The zero-order valence-electron chi connectivity index (χ0n) is 19.8. The minimum Gasteiger partial charge on any atom is -0.493 e. The van der Waals surface area contributed by atoms with Gasteiger partial charge in [-0.05, 0) is 29.8 Å². The Labute approximate surface area is 206 Å². The molecule has 0 bridgehead atoms. The van der Waals surface area contributed by atoms with Crippen LogP contribution in [-0.4, -0.2) is 51.7 Å². The summed E-state index contributed by atoms with van der Waals surface area (Å²) in [7, 11) is 4.08. The Kier molecular flexibility index (Phi) is 8.65. The molecule has 1 heterocycles. The number of benzene rings is 2. The van der Waals surface area contributed by atoms with E-state index in [1.807, 2.05) is 0 Å². The number of carbonyl (C=O) groups is 4. The van der Waals surface area contributed by atoms with Gasteiger partial charge in [0.2, 0.25) is 0 Å². The van der Waals surface area contributed by atoms with Crippen molar-refractivity contribution in [3.8, 4) is 11.5 Å². The van der Waals surface area contributed by atoms with Crippen molar-refractivity contribution in [1.29, 1.82) is 0 Å². The van der Waals surface area contributed by atoms with Crippen LogP contribution < -0.4 is 20.1 Å². The number of hydrogen-bond donors (Lipinski definition) is 2. The van der Waals surface area contributed by atoms with E-state index < -0.39 is 30.4 Å². The third-order valence-electron chi connectivity index (χ3n) is 4.94. The first-order valence-electron chi connectivity index (χ1n) is 10.6. The van der Waals surface area contributed by atoms with Crippen LogP contribution in [0.25, 0.3) is 0 Å². The molecule has 1 aromatic heterocycles. The number of furan rings is 1. The van der Waals surface area contributed by atoms with Gasteiger partial charge in [0, 0.05) is 18.7 Å². The molecule has 0 aliphatic rings. The first kappa shape index (κ1) is 25.8. The second-order valence-corrected chi connectivity index (χ2v) is 7.23. The molecule has 0 unspecified atom stereocenters. The molecule has 2 aromatic carbocycles. The molecule has 36 heavy (non-hydrogen) atoms. The molecule has 0 saturated carbocycles. The molecule has 0 atom stereocenters. The molecule has 0 radical (unpaired) electrons. The highest BCUT2D eigenvalue weighted by atomic mass is 16.5. The van der Waals surface area contributed by atoms with E-state index in [0.29, 0.717) is 5.56 Å². The molecule has 3 rings (SSSR count). The Hall–Kier alpha value is -4.80. The number of amides is 2. The molecule has 0 fully saturated rings. The summed E-state index contributed by atoms with van der Waals surface area (Å²) in [6.07, 6.45) is 1.34. The number of hydrogen-bond acceptors (Lipinski definition) is 9. The predicted molar refractivity (Wildman–Crippen MR) is 126 cm³/mol. The van der Waals surface area contributed by atoms with E-state index >= 15 is 0 Å². The molecule has 2 amide bonds. The van der Waals surface area contributed by atoms with Gasteiger partial charge >= 0.3 is 11.9 Å². The minimum atomic E-state index is -0.872. The van der Waals surface area contributed by atoms with Gasteiger partial charge in [0.05, 0.1) is 44.4 Å². The van der Waals surface area contributed by atoms with Crippen LogP contribution in [-0.2, 0) is 20.8 Å². The van der Waals surface area contributed by atoms with Gasteiger partial charge in [-0.15, -0.1) is 0 Å². The maximum atomic E-state index is 12.8. The summed E-state index contributed by atoms with van der Waals surface area (Å²) in [4.78, 5) is 49.0. The number of carbonyl (C=O) groups excluding carboxylic acids is 4. The average Bonchev–Trinajstić information content (AvgIpc) is 3.45. The van der Waals surface area contributed by atoms with Crippen molar-refractivity contribution in [3.05, 3.63) is 77.2 Å². The first-order valence-corrected chi connectivity index (χ1v) is 10.6. The van der Waals surface area contributed by atoms with Crippen LogP contribution in [0.4, 0.5) is 5.69 Å². The highest BCUT2D eigenvalue weighted by Crippen LogP contribution is 2.34. The van der Waals surface area contributed by atoms with Crippen molar-refractivity contribution in [2.24, 2.45) is 0 Å². The molecular weight excluding hydrogens is 472 g/mol. The average molecular weight is 496 g/mol. The maximum absolute atomic E-state index is 12.8. The van der Waals surface area contributed by atoms with Crippen molar-refractivity contribution in [3.63, 3.8) is 0 Å². The molecule has 11 nitrogen and oxygen atoms in total. The van der Waals surface area contributed by atoms with Crippen LogP contribution in [0.3, 0.4) is 0 Å². The van der Waals surface area contributed by atoms with E-state index in [1.165, 1.54) is 45.8 Å². The lowest BCUT2D eigenvalue weighted by Gasteiger charge is -2.15. The summed E-state index contributed by atoms with van der Waals surface area (Å²) < 4.78 is 25.3. The first-order chi connectivity index (χ1) is 17.4. The monoisotopic (exact) mass is 496 g/mol. The highest BCUT2D eigenvalue weighted by molar-refractivity contribution is 6.07. The number of nitrogens with one attached hydrogen (secondary N) is 2. The fourth-order valence-corrected chi connectivity index (χ4v) is 3.08. The van der Waals surface area contributed by atoms with Crippen LogP contribution in [0.5, 0.6) is 11.5 Å². The summed E-state index contributed by atoms with van der Waals surface area (Å²) in [6.45, 7) is -0.419. The number of ether oxygens (including phenoxy) is 4. The molecule has 3 aromatic rings. The third kappa shape index (κ3) is 6.41. The van der Waals surface area contributed by atoms with Gasteiger partial charge in [-0.2, -0.15) is 0 Å². The van der Waals surface area contributed by atoms with Crippen LogP contribution in [0.2, 0.25) is 0 Å². The summed E-state index contributed by atoms with van der Waals surface area (Å²) in [5, 5.41) is 5.18. The van der Waals surface area contributed by atoms with Gasteiger partial charge in [-0.1, -0.05) is 12.1 Å². The quantitative estimate of drug-likeness (QED) is 0.405. The van der Waals surface area contributed by atoms with Crippen LogP contribution >= 0.6 is 0 Å². The third-order valence-corrected chi connectivity index (χ3v) is 4.94. The number of rotatable bonds is 10. The Morgan fingerprint density at radius 3 is 2.19 bits per heavy atom. The Morgan fingerprint density at radius 2 is 1.58 bits per heavy atom. The smallest absolute Gasteiger partial charge is 0.340 e. The van der Waals surface area contributed by atoms with Gasteiger partial charge in [-0.3, -0.25) is 9.59 Å². The van der Waals surface area contributed by atoms with E-state index in [4.69, 9.17) is 18.6 Å². The van der Waals surface area contributed by atoms with Gasteiger partial charge in [0.1, 0.15) is 0 Å². The van der Waals surface area contributed by atoms with Gasteiger partial charge in [0.25, 0.3) is 11.8 Å². The topological polar surface area (TPSA) is 142 Å². The molecule has 0 aliphatic carbocycles. The van der Waals surface area contributed by atoms with Gasteiger partial charge in [-0.25, -0.2) is 9.59 Å². The Morgan fingerprint density at radius 1 is 0.889 bits per heavy atom. The van der Waals surface area contributed by atoms with Crippen molar-refractivity contribution in [1.82, 2.24) is 5.32 Å². The van der Waals surface area contributed by atoms with Crippen molar-refractivity contribution in [2.75, 3.05) is 33.3 Å². The Bertz CT molecular complexity index is 1240. The fourth-order valence-electron chi connectivity index (χ4n) is 3.08. The second kappa shape index (κ2) is 12.1. The van der Waals surface area contributed by atoms with E-state index in [2.05, 4.69) is 15.4 Å². The van der Waals surface area contributed by atoms with Crippen LogP contribution in [0.1, 0.15) is 36.8 Å². The lowest BCUT2D eigenvalue weighted by molar-refractivity contribution is -0.124. The molecular formula is C25H24N2O9. The van der Waals surface area contributed by atoms with Gasteiger partial charge < -0.3 is 34.0 Å². The predicted octanol–water partition coefficient (Wildman–Crippen LogP) is 2.81. The summed E-state index contributed by atoms with van der Waals surface area (Å²) in [5.74, 6) is -1.97. The fraction of sp³-hybridized carbons (Fsp3) is 0.200. The van der Waals surface area contributed by atoms with Crippen LogP contribution in [0, 0.1) is 0 Å². The summed E-state index contributed by atoms with van der Waals surface area (Å²) >= 11 is 0. The second-order valence-electron chi connectivity index (χ2n) is 7.23. The van der Waals surface area contributed by atoms with E-state index in [9.17, 15) is 19.2 Å². The normalized spacial score (nSPS) is 10.2. The molecule has 0 saturated heterocycles. The summed E-state index contributed by atoms with van der Waals surface area (Å²) in [5.41, 5.74) is 1.13. The molecule has 2 N–H and O–H groups in total. The van der Waals surface area contributed by atoms with Crippen molar-refractivity contribution >= 4 is 29.4 Å². The lowest BCUT2D eigenvalue weighted by atomic mass is 10.1. The standard InChI is InChI=1S/C25H24N2O9/c1-32-20-11-17(18(12-21(20)33-2)27-23(29)19-5-4-10-35-19)25(31)36-14-22(28)26-13-15-6-8-16(9-7-15)24(30)34-3/h4-12H,13-14H2,1-3H3,(H,26,28)(H,27,29). The molecule has 188 valence electrons. The van der Waals surface area contributed by atoms with Crippen molar-refractivity contribution in [2.45, 2.75) is 6.54 Å². The largest absolute Gasteiger partial charge is 0.493 e. The maximum Gasteiger partial charge on any atom is 0.340 e. The Balaban J connectivity index is 1.65. The molecule has 0 aliphatic heterocycles. The molecule has 0 spiro atoms.